The number of ether oxygens (including phenoxy) is 2. The van der Waals surface area contributed by atoms with E-state index in [-0.39, 0.29) is 12.1 Å². The Bertz CT molecular complexity index is 938. The third-order valence-electron chi connectivity index (χ3n) is 5.25. The van der Waals surface area contributed by atoms with Gasteiger partial charge in [-0.1, -0.05) is 19.6 Å². The summed E-state index contributed by atoms with van der Waals surface area (Å²) in [7, 11) is -1.11. The van der Waals surface area contributed by atoms with E-state index in [0.717, 1.165) is 52.5 Å². The average molecular weight is 574 g/mol. The van der Waals surface area contributed by atoms with Crippen molar-refractivity contribution in [1.82, 2.24) is 19.4 Å². The van der Waals surface area contributed by atoms with Crippen LogP contribution < -0.4 is 5.32 Å². The largest absolute Gasteiger partial charge is 0.444 e. The lowest BCUT2D eigenvalue weighted by Crippen LogP contribution is -2.47. The van der Waals surface area contributed by atoms with Gasteiger partial charge in [-0.25, -0.2) is 14.8 Å². The average Bonchev–Trinajstić information content (AvgIpc) is 3.00. The van der Waals surface area contributed by atoms with Gasteiger partial charge in [0.25, 0.3) is 0 Å². The SMILES string of the molecule is CC(C)(C)OC(=O)N1CCCC(Nc2ncnc3c2c(I)cn3COCC[Si](C)(C)C)C1. The van der Waals surface area contributed by atoms with E-state index in [9.17, 15) is 4.79 Å². The minimum atomic E-state index is -1.11. The highest BCUT2D eigenvalue weighted by molar-refractivity contribution is 14.1. The highest BCUT2D eigenvalue weighted by Crippen LogP contribution is 2.28. The number of rotatable bonds is 7. The maximum atomic E-state index is 12.5. The molecule has 1 atom stereocenters. The van der Waals surface area contributed by atoms with Crippen LogP contribution in [0.2, 0.25) is 25.7 Å². The summed E-state index contributed by atoms with van der Waals surface area (Å²) in [5.74, 6) is 0.802. The molecule has 1 aliphatic heterocycles. The van der Waals surface area contributed by atoms with Crippen molar-refractivity contribution in [2.75, 3.05) is 25.0 Å². The molecule has 0 radical (unpaired) electrons. The van der Waals surface area contributed by atoms with Crippen LogP contribution in [0.4, 0.5) is 10.6 Å². The van der Waals surface area contributed by atoms with Crippen LogP contribution in [-0.2, 0) is 16.2 Å². The second kappa shape index (κ2) is 10.2. The third kappa shape index (κ3) is 7.05. The normalized spacial score (nSPS) is 17.6. The van der Waals surface area contributed by atoms with Crippen molar-refractivity contribution in [1.29, 1.82) is 0 Å². The highest BCUT2D eigenvalue weighted by Gasteiger charge is 2.28. The first kappa shape index (κ1) is 25.2. The standard InChI is InChI=1S/C22H36IN5O3Si/c1-22(2,3)31-21(29)27-9-7-8-16(12-27)26-19-18-17(23)13-28(20(18)25-14-24-19)15-30-10-11-32(4,5)6/h13-14,16H,7-12,15H2,1-6H3,(H,24,25,26). The fourth-order valence-electron chi connectivity index (χ4n) is 3.61. The fourth-order valence-corrected chi connectivity index (χ4v) is 5.20. The van der Waals surface area contributed by atoms with E-state index in [1.54, 1.807) is 11.2 Å². The number of hydrogen-bond acceptors (Lipinski definition) is 6. The van der Waals surface area contributed by atoms with Gasteiger partial charge >= 0.3 is 6.09 Å². The predicted molar refractivity (Wildman–Crippen MR) is 139 cm³/mol. The number of carbonyl (C=O) groups excluding carboxylic acids is 1. The number of fused-ring (bicyclic) bond motifs is 1. The molecule has 0 bridgehead atoms. The van der Waals surface area contributed by atoms with Crippen LogP contribution in [0.15, 0.2) is 12.5 Å². The molecular weight excluding hydrogens is 537 g/mol. The highest BCUT2D eigenvalue weighted by atomic mass is 127. The van der Waals surface area contributed by atoms with E-state index in [1.807, 2.05) is 25.3 Å². The molecule has 0 spiro atoms. The molecule has 2 aromatic rings. The van der Waals surface area contributed by atoms with Crippen LogP contribution in [0.3, 0.4) is 0 Å². The van der Waals surface area contributed by atoms with Gasteiger partial charge in [0.15, 0.2) is 0 Å². The van der Waals surface area contributed by atoms with Crippen molar-refractivity contribution in [3.8, 4) is 0 Å². The van der Waals surface area contributed by atoms with Crippen molar-refractivity contribution in [2.45, 2.75) is 77.7 Å². The molecule has 3 heterocycles. The van der Waals surface area contributed by atoms with E-state index >= 15 is 0 Å². The third-order valence-corrected chi connectivity index (χ3v) is 7.77. The van der Waals surface area contributed by atoms with E-state index in [4.69, 9.17) is 9.47 Å². The summed E-state index contributed by atoms with van der Waals surface area (Å²) in [5.41, 5.74) is 0.367. The van der Waals surface area contributed by atoms with E-state index in [0.29, 0.717) is 13.3 Å². The predicted octanol–water partition coefficient (Wildman–Crippen LogP) is 5.16. The number of anilines is 1. The Labute approximate surface area is 205 Å². The maximum absolute atomic E-state index is 12.5. The summed E-state index contributed by atoms with van der Waals surface area (Å²) in [6.45, 7) is 15.3. The quantitative estimate of drug-likeness (QED) is 0.280. The summed E-state index contributed by atoms with van der Waals surface area (Å²) in [6, 6.07) is 1.25. The Hall–Kier alpha value is -1.40. The Morgan fingerprint density at radius 2 is 2.06 bits per heavy atom. The molecule has 1 amide bonds. The molecule has 3 rings (SSSR count). The summed E-state index contributed by atoms with van der Waals surface area (Å²) in [6.07, 6.45) is 5.30. The molecule has 178 valence electrons. The molecule has 0 aromatic carbocycles. The second-order valence-corrected chi connectivity index (χ2v) is 17.4. The molecule has 10 heteroatoms. The van der Waals surface area contributed by atoms with Gasteiger partial charge in [0, 0.05) is 43.6 Å². The number of carbonyl (C=O) groups is 1. The van der Waals surface area contributed by atoms with Gasteiger partial charge in [0.2, 0.25) is 0 Å². The molecule has 1 N–H and O–H groups in total. The van der Waals surface area contributed by atoms with Gasteiger partial charge < -0.3 is 24.3 Å². The summed E-state index contributed by atoms with van der Waals surface area (Å²) in [4.78, 5) is 23.3. The van der Waals surface area contributed by atoms with E-state index < -0.39 is 13.7 Å². The van der Waals surface area contributed by atoms with Crippen molar-refractivity contribution in [3.63, 3.8) is 0 Å². The van der Waals surface area contributed by atoms with Crippen LogP contribution in [-0.4, -0.2) is 64.9 Å². The molecule has 2 aromatic heterocycles. The van der Waals surface area contributed by atoms with Gasteiger partial charge in [-0.2, -0.15) is 0 Å². The number of nitrogens with zero attached hydrogens (tertiary/aromatic N) is 4. The Balaban J connectivity index is 1.68. The molecule has 1 aliphatic rings. The summed E-state index contributed by atoms with van der Waals surface area (Å²) >= 11 is 2.33. The minimum Gasteiger partial charge on any atom is -0.444 e. The van der Waals surface area contributed by atoms with Gasteiger partial charge in [-0.15, -0.1) is 0 Å². The van der Waals surface area contributed by atoms with Gasteiger partial charge in [0.05, 0.1) is 5.39 Å². The van der Waals surface area contributed by atoms with E-state index in [2.05, 4.69) is 63.7 Å². The van der Waals surface area contributed by atoms with Crippen molar-refractivity contribution in [2.24, 2.45) is 0 Å². The smallest absolute Gasteiger partial charge is 0.410 e. The lowest BCUT2D eigenvalue weighted by Gasteiger charge is -2.34. The number of aromatic nitrogens is 3. The number of piperidine rings is 1. The molecule has 1 fully saturated rings. The molecular formula is C22H36IN5O3Si. The molecule has 32 heavy (non-hydrogen) atoms. The Morgan fingerprint density at radius 1 is 1.31 bits per heavy atom. The number of likely N-dealkylation sites (tertiary alicyclic amines) is 1. The monoisotopic (exact) mass is 573 g/mol. The Morgan fingerprint density at radius 3 is 2.75 bits per heavy atom. The first-order valence-corrected chi connectivity index (χ1v) is 16.0. The zero-order valence-corrected chi connectivity index (χ0v) is 23.2. The number of hydrogen-bond donors (Lipinski definition) is 1. The summed E-state index contributed by atoms with van der Waals surface area (Å²) in [5, 5.41) is 4.56. The first-order chi connectivity index (χ1) is 14.9. The maximum Gasteiger partial charge on any atom is 0.410 e. The molecule has 0 saturated carbocycles. The van der Waals surface area contributed by atoms with Crippen LogP contribution in [0.1, 0.15) is 33.6 Å². The number of nitrogens with one attached hydrogen (secondary N) is 1. The zero-order valence-electron chi connectivity index (χ0n) is 20.1. The van der Waals surface area contributed by atoms with Crippen LogP contribution in [0.5, 0.6) is 0 Å². The minimum absolute atomic E-state index is 0.113. The molecule has 1 unspecified atom stereocenters. The van der Waals surface area contributed by atoms with Crippen molar-refractivity contribution < 1.29 is 14.3 Å². The Kier molecular flexibility index (Phi) is 8.08. The van der Waals surface area contributed by atoms with Gasteiger partial charge in [-0.3, -0.25) is 0 Å². The number of halogens is 1. The fraction of sp³-hybridized carbons (Fsp3) is 0.682. The van der Waals surface area contributed by atoms with Gasteiger partial charge in [0.1, 0.15) is 30.1 Å². The summed E-state index contributed by atoms with van der Waals surface area (Å²) < 4.78 is 14.6. The van der Waals surface area contributed by atoms with E-state index in [1.165, 1.54) is 0 Å². The molecule has 1 saturated heterocycles. The second-order valence-electron chi connectivity index (χ2n) is 10.6. The van der Waals surface area contributed by atoms with Crippen molar-refractivity contribution >= 4 is 53.6 Å². The van der Waals surface area contributed by atoms with Crippen LogP contribution in [0.25, 0.3) is 11.0 Å². The van der Waals surface area contributed by atoms with Crippen LogP contribution in [0, 0.1) is 3.57 Å². The van der Waals surface area contributed by atoms with Crippen LogP contribution >= 0.6 is 22.6 Å². The first-order valence-electron chi connectivity index (χ1n) is 11.2. The lowest BCUT2D eigenvalue weighted by atomic mass is 10.1. The molecule has 8 nitrogen and oxygen atoms in total. The zero-order chi connectivity index (χ0) is 23.5. The lowest BCUT2D eigenvalue weighted by molar-refractivity contribution is 0.0206. The molecule has 0 aliphatic carbocycles. The topological polar surface area (TPSA) is 81.5 Å². The number of amides is 1. The van der Waals surface area contributed by atoms with Gasteiger partial charge in [-0.05, 0) is 62.2 Å². The van der Waals surface area contributed by atoms with Crippen molar-refractivity contribution in [3.05, 3.63) is 16.1 Å².